The van der Waals surface area contributed by atoms with Crippen molar-refractivity contribution in [2.24, 2.45) is 5.92 Å². The SMILES string of the molecule is CC(C)(C)OC(=O)N1CC(N2CCC(CC=O)CC2)C1. The maximum absolute atomic E-state index is 11.9. The van der Waals surface area contributed by atoms with Crippen molar-refractivity contribution in [3.63, 3.8) is 0 Å². The molecule has 0 aromatic heterocycles. The van der Waals surface area contributed by atoms with Gasteiger partial charge in [0, 0.05) is 25.6 Å². The lowest BCUT2D eigenvalue weighted by Crippen LogP contribution is -2.62. The number of hydrogen-bond donors (Lipinski definition) is 0. The quantitative estimate of drug-likeness (QED) is 0.742. The minimum absolute atomic E-state index is 0.204. The van der Waals surface area contributed by atoms with Crippen LogP contribution in [0.5, 0.6) is 0 Å². The summed E-state index contributed by atoms with van der Waals surface area (Å²) in [6, 6.07) is 0.472. The third kappa shape index (κ3) is 3.95. The highest BCUT2D eigenvalue weighted by Gasteiger charge is 2.38. The molecule has 114 valence electrons. The first-order valence-corrected chi connectivity index (χ1v) is 7.54. The standard InChI is InChI=1S/C15H26N2O3/c1-15(2,3)20-14(19)17-10-13(11-17)16-7-4-12(5-8-16)6-9-18/h9,12-13H,4-8,10-11H2,1-3H3. The third-order valence-electron chi connectivity index (χ3n) is 4.11. The van der Waals surface area contributed by atoms with Crippen LogP contribution in [-0.2, 0) is 9.53 Å². The summed E-state index contributed by atoms with van der Waals surface area (Å²) in [5.41, 5.74) is -0.421. The molecule has 2 fully saturated rings. The molecular formula is C15H26N2O3. The first-order valence-electron chi connectivity index (χ1n) is 7.54. The van der Waals surface area contributed by atoms with Gasteiger partial charge >= 0.3 is 6.09 Å². The Hall–Kier alpha value is -1.10. The summed E-state index contributed by atoms with van der Waals surface area (Å²) < 4.78 is 5.36. The van der Waals surface area contributed by atoms with Gasteiger partial charge in [0.1, 0.15) is 11.9 Å². The van der Waals surface area contributed by atoms with Gasteiger partial charge in [0.05, 0.1) is 0 Å². The van der Waals surface area contributed by atoms with Crippen molar-refractivity contribution >= 4 is 12.4 Å². The second kappa shape index (κ2) is 6.12. The van der Waals surface area contributed by atoms with Crippen LogP contribution < -0.4 is 0 Å². The second-order valence-corrected chi connectivity index (χ2v) is 6.92. The van der Waals surface area contributed by atoms with Gasteiger partial charge in [-0.3, -0.25) is 4.90 Å². The molecule has 2 saturated heterocycles. The number of nitrogens with zero attached hydrogens (tertiary/aromatic N) is 2. The van der Waals surface area contributed by atoms with E-state index in [1.165, 1.54) is 0 Å². The Bertz CT molecular complexity index is 351. The van der Waals surface area contributed by atoms with Crippen molar-refractivity contribution in [1.82, 2.24) is 9.80 Å². The van der Waals surface area contributed by atoms with Crippen LogP contribution in [0.15, 0.2) is 0 Å². The van der Waals surface area contributed by atoms with Crippen molar-refractivity contribution in [1.29, 1.82) is 0 Å². The molecule has 1 amide bonds. The smallest absolute Gasteiger partial charge is 0.410 e. The first-order chi connectivity index (χ1) is 9.39. The van der Waals surface area contributed by atoms with Gasteiger partial charge in [0.2, 0.25) is 0 Å². The molecule has 20 heavy (non-hydrogen) atoms. The second-order valence-electron chi connectivity index (χ2n) is 6.92. The van der Waals surface area contributed by atoms with Gasteiger partial charge in [-0.1, -0.05) is 0 Å². The van der Waals surface area contributed by atoms with Crippen LogP contribution in [0.4, 0.5) is 4.79 Å². The van der Waals surface area contributed by atoms with Crippen molar-refractivity contribution in [3.8, 4) is 0 Å². The number of hydrogen-bond acceptors (Lipinski definition) is 4. The fourth-order valence-corrected chi connectivity index (χ4v) is 2.85. The van der Waals surface area contributed by atoms with Crippen molar-refractivity contribution in [3.05, 3.63) is 0 Å². The van der Waals surface area contributed by atoms with Crippen LogP contribution in [0.2, 0.25) is 0 Å². The van der Waals surface area contributed by atoms with Crippen LogP contribution >= 0.6 is 0 Å². The Kier molecular flexibility index (Phi) is 4.68. The fourth-order valence-electron chi connectivity index (χ4n) is 2.85. The average molecular weight is 282 g/mol. The van der Waals surface area contributed by atoms with Gasteiger partial charge in [-0.05, 0) is 52.6 Å². The summed E-state index contributed by atoms with van der Waals surface area (Å²) in [7, 11) is 0. The minimum Gasteiger partial charge on any atom is -0.444 e. The minimum atomic E-state index is -0.421. The molecular weight excluding hydrogens is 256 g/mol. The predicted molar refractivity (Wildman–Crippen MR) is 76.6 cm³/mol. The number of ether oxygens (including phenoxy) is 1. The van der Waals surface area contributed by atoms with E-state index in [4.69, 9.17) is 4.74 Å². The molecule has 5 nitrogen and oxygen atoms in total. The number of amides is 1. The van der Waals surface area contributed by atoms with E-state index in [1.54, 1.807) is 4.90 Å². The Morgan fingerprint density at radius 3 is 2.35 bits per heavy atom. The van der Waals surface area contributed by atoms with Gasteiger partial charge in [-0.15, -0.1) is 0 Å². The molecule has 0 bridgehead atoms. The van der Waals surface area contributed by atoms with Gasteiger partial charge in [0.25, 0.3) is 0 Å². The number of likely N-dealkylation sites (tertiary alicyclic amines) is 2. The van der Waals surface area contributed by atoms with E-state index in [1.807, 2.05) is 20.8 Å². The predicted octanol–water partition coefficient (Wildman–Crippen LogP) is 1.91. The molecule has 0 saturated carbocycles. The van der Waals surface area contributed by atoms with E-state index in [0.29, 0.717) is 18.4 Å². The van der Waals surface area contributed by atoms with Gasteiger partial charge in [-0.2, -0.15) is 0 Å². The molecule has 0 aromatic rings. The summed E-state index contributed by atoms with van der Waals surface area (Å²) in [5, 5.41) is 0. The summed E-state index contributed by atoms with van der Waals surface area (Å²) >= 11 is 0. The van der Waals surface area contributed by atoms with Gasteiger partial charge < -0.3 is 14.4 Å². The highest BCUT2D eigenvalue weighted by molar-refractivity contribution is 5.69. The first kappa shape index (κ1) is 15.3. The lowest BCUT2D eigenvalue weighted by Gasteiger charge is -2.47. The molecule has 0 aliphatic carbocycles. The van der Waals surface area contributed by atoms with E-state index in [-0.39, 0.29) is 6.09 Å². The van der Waals surface area contributed by atoms with Crippen molar-refractivity contribution in [2.75, 3.05) is 26.2 Å². The van der Waals surface area contributed by atoms with Crippen LogP contribution in [-0.4, -0.2) is 60.0 Å². The zero-order chi connectivity index (χ0) is 14.8. The largest absolute Gasteiger partial charge is 0.444 e. The lowest BCUT2D eigenvalue weighted by molar-refractivity contribution is -0.109. The molecule has 2 heterocycles. The number of aldehydes is 1. The number of carbonyl (C=O) groups excluding carboxylic acids is 2. The molecule has 0 atom stereocenters. The van der Waals surface area contributed by atoms with E-state index in [0.717, 1.165) is 45.3 Å². The Balaban J connectivity index is 1.69. The highest BCUT2D eigenvalue weighted by atomic mass is 16.6. The number of rotatable bonds is 3. The van der Waals surface area contributed by atoms with Crippen LogP contribution in [0.3, 0.4) is 0 Å². The molecule has 2 aliphatic rings. The van der Waals surface area contributed by atoms with Crippen molar-refractivity contribution in [2.45, 2.75) is 51.7 Å². The van der Waals surface area contributed by atoms with Crippen LogP contribution in [0.1, 0.15) is 40.0 Å². The van der Waals surface area contributed by atoms with E-state index in [9.17, 15) is 9.59 Å². The average Bonchev–Trinajstić information content (AvgIpc) is 2.27. The summed E-state index contributed by atoms with van der Waals surface area (Å²) in [6.45, 7) is 9.30. The number of piperidine rings is 1. The Morgan fingerprint density at radius 1 is 1.25 bits per heavy atom. The molecule has 2 aliphatic heterocycles. The van der Waals surface area contributed by atoms with E-state index in [2.05, 4.69) is 4.90 Å². The zero-order valence-corrected chi connectivity index (χ0v) is 12.8. The molecule has 0 unspecified atom stereocenters. The van der Waals surface area contributed by atoms with E-state index < -0.39 is 5.60 Å². The van der Waals surface area contributed by atoms with Gasteiger partial charge in [-0.25, -0.2) is 4.79 Å². The maximum Gasteiger partial charge on any atom is 0.410 e. The Morgan fingerprint density at radius 2 is 1.85 bits per heavy atom. The third-order valence-corrected chi connectivity index (χ3v) is 4.11. The topological polar surface area (TPSA) is 49.9 Å². The summed E-state index contributed by atoms with van der Waals surface area (Å²) in [6.07, 6.45) is 3.73. The molecule has 2 rings (SSSR count). The molecule has 0 radical (unpaired) electrons. The van der Waals surface area contributed by atoms with E-state index >= 15 is 0 Å². The molecule has 0 spiro atoms. The number of carbonyl (C=O) groups is 2. The fraction of sp³-hybridized carbons (Fsp3) is 0.867. The summed E-state index contributed by atoms with van der Waals surface area (Å²) in [4.78, 5) is 26.6. The zero-order valence-electron chi connectivity index (χ0n) is 12.8. The molecule has 0 aromatic carbocycles. The van der Waals surface area contributed by atoms with Crippen LogP contribution in [0, 0.1) is 5.92 Å². The Labute approximate surface area is 121 Å². The van der Waals surface area contributed by atoms with Crippen molar-refractivity contribution < 1.29 is 14.3 Å². The molecule has 0 N–H and O–H groups in total. The normalized spacial score (nSPS) is 22.4. The monoisotopic (exact) mass is 282 g/mol. The molecule has 5 heteroatoms. The van der Waals surface area contributed by atoms with Crippen LogP contribution in [0.25, 0.3) is 0 Å². The maximum atomic E-state index is 11.9. The van der Waals surface area contributed by atoms with Gasteiger partial charge in [0.15, 0.2) is 0 Å². The summed E-state index contributed by atoms with van der Waals surface area (Å²) in [5.74, 6) is 0.561. The highest BCUT2D eigenvalue weighted by Crippen LogP contribution is 2.25. The lowest BCUT2D eigenvalue weighted by atomic mass is 9.92.